The molecule has 0 spiro atoms. The summed E-state index contributed by atoms with van der Waals surface area (Å²) in [6.45, 7) is 6.02. The summed E-state index contributed by atoms with van der Waals surface area (Å²) in [6.07, 6.45) is 17.5. The fraction of sp³-hybridized carbons (Fsp3) is 0.368. The van der Waals surface area contributed by atoms with Gasteiger partial charge < -0.3 is 10.7 Å². The lowest BCUT2D eigenvalue weighted by Gasteiger charge is -2.15. The summed E-state index contributed by atoms with van der Waals surface area (Å²) in [7, 11) is 0. The van der Waals surface area contributed by atoms with Crippen LogP contribution in [0.1, 0.15) is 37.8 Å². The molecule has 0 saturated heterocycles. The minimum atomic E-state index is 0.0661. The highest BCUT2D eigenvalue weighted by Crippen LogP contribution is 2.17. The van der Waals surface area contributed by atoms with Crippen molar-refractivity contribution in [3.8, 4) is 0 Å². The predicted octanol–water partition coefficient (Wildman–Crippen LogP) is 4.39. The van der Waals surface area contributed by atoms with E-state index >= 15 is 0 Å². The largest absolute Gasteiger partial charge is 0.381 e. The fourth-order valence-corrected chi connectivity index (χ4v) is 2.54. The Morgan fingerprint density at radius 1 is 1.46 bits per heavy atom. The third-order valence-corrected chi connectivity index (χ3v) is 4.12. The van der Waals surface area contributed by atoms with E-state index in [2.05, 4.69) is 52.6 Å². The summed E-state index contributed by atoms with van der Waals surface area (Å²) in [6, 6.07) is 4.03. The van der Waals surface area contributed by atoms with Crippen LogP contribution in [0.25, 0.3) is 0 Å². The van der Waals surface area contributed by atoms with E-state index in [1.54, 1.807) is 0 Å². The summed E-state index contributed by atoms with van der Waals surface area (Å²) in [4.78, 5) is 4.18. The third kappa shape index (κ3) is 5.53. The molecule has 128 valence electrons. The van der Waals surface area contributed by atoms with E-state index in [-0.39, 0.29) is 18.0 Å². The first-order valence-corrected chi connectivity index (χ1v) is 8.74. The number of aromatic nitrogens is 1. The summed E-state index contributed by atoms with van der Waals surface area (Å²) >= 11 is 5.89. The van der Waals surface area contributed by atoms with Gasteiger partial charge in [-0.25, -0.2) is 4.98 Å². The molecular weight excluding hydrogens is 320 g/mol. The molecule has 1 aliphatic rings. The van der Waals surface area contributed by atoms with Crippen molar-refractivity contribution in [3.63, 3.8) is 0 Å². The van der Waals surface area contributed by atoms with Crippen LogP contribution in [0, 0.1) is 5.92 Å². The number of hydrogen-bond donors (Lipinski definition) is 2. The van der Waals surface area contributed by atoms with E-state index in [1.165, 1.54) is 12.8 Å². The minimum Gasteiger partial charge on any atom is -0.381 e. The SMILES string of the molecule is C=CC1NN=CC1/C=C/NC(/C=C/CCCC)c1ccc(Cl)nc1. The van der Waals surface area contributed by atoms with E-state index in [1.807, 2.05) is 36.8 Å². The molecule has 1 aromatic heterocycles. The summed E-state index contributed by atoms with van der Waals surface area (Å²) in [5.74, 6) is 0.211. The van der Waals surface area contributed by atoms with Crippen molar-refractivity contribution >= 4 is 17.8 Å². The van der Waals surface area contributed by atoms with Gasteiger partial charge in [-0.1, -0.05) is 61.7 Å². The number of nitrogens with zero attached hydrogens (tertiary/aromatic N) is 2. The smallest absolute Gasteiger partial charge is 0.129 e. The molecule has 0 saturated carbocycles. The normalized spacial score (nSPS) is 21.2. The molecule has 0 aliphatic carbocycles. The molecule has 0 radical (unpaired) electrons. The lowest BCUT2D eigenvalue weighted by Crippen LogP contribution is -2.24. The maximum absolute atomic E-state index is 5.89. The van der Waals surface area contributed by atoms with Crippen LogP contribution in [0.3, 0.4) is 0 Å². The van der Waals surface area contributed by atoms with Gasteiger partial charge in [0.05, 0.1) is 12.1 Å². The number of pyridine rings is 1. The Labute approximate surface area is 149 Å². The van der Waals surface area contributed by atoms with Gasteiger partial charge in [0.1, 0.15) is 5.15 Å². The van der Waals surface area contributed by atoms with Gasteiger partial charge in [-0.3, -0.25) is 0 Å². The molecule has 0 fully saturated rings. The second-order valence-electron chi connectivity index (χ2n) is 5.73. The van der Waals surface area contributed by atoms with Crippen LogP contribution in [0.2, 0.25) is 5.15 Å². The van der Waals surface area contributed by atoms with Crippen molar-refractivity contribution < 1.29 is 0 Å². The first kappa shape index (κ1) is 18.3. The van der Waals surface area contributed by atoms with Crippen LogP contribution in [0.5, 0.6) is 0 Å². The molecule has 1 aliphatic heterocycles. The Kier molecular flexibility index (Phi) is 7.56. The fourth-order valence-electron chi connectivity index (χ4n) is 2.43. The van der Waals surface area contributed by atoms with Gasteiger partial charge in [0.25, 0.3) is 0 Å². The number of nitrogens with one attached hydrogen (secondary N) is 2. The van der Waals surface area contributed by atoms with Crippen molar-refractivity contribution in [2.24, 2.45) is 11.0 Å². The van der Waals surface area contributed by atoms with Gasteiger partial charge in [-0.05, 0) is 24.3 Å². The number of halogens is 1. The van der Waals surface area contributed by atoms with Gasteiger partial charge >= 0.3 is 0 Å². The Morgan fingerprint density at radius 2 is 2.33 bits per heavy atom. The molecule has 0 bridgehead atoms. The van der Waals surface area contributed by atoms with Gasteiger partial charge in [0.2, 0.25) is 0 Å². The topological polar surface area (TPSA) is 49.3 Å². The summed E-state index contributed by atoms with van der Waals surface area (Å²) in [5.41, 5.74) is 4.09. The highest BCUT2D eigenvalue weighted by molar-refractivity contribution is 6.29. The summed E-state index contributed by atoms with van der Waals surface area (Å²) < 4.78 is 0. The van der Waals surface area contributed by atoms with E-state index in [0.717, 1.165) is 12.0 Å². The number of allylic oxidation sites excluding steroid dienone is 1. The molecule has 0 aromatic carbocycles. The third-order valence-electron chi connectivity index (χ3n) is 3.90. The summed E-state index contributed by atoms with van der Waals surface area (Å²) in [5, 5.41) is 8.02. The van der Waals surface area contributed by atoms with Crippen molar-refractivity contribution in [1.29, 1.82) is 0 Å². The monoisotopic (exact) mass is 344 g/mol. The molecule has 3 unspecified atom stereocenters. The van der Waals surface area contributed by atoms with Crippen LogP contribution < -0.4 is 10.7 Å². The maximum atomic E-state index is 5.89. The second-order valence-corrected chi connectivity index (χ2v) is 6.12. The standard InChI is InChI=1S/C19H25ClN4/c1-3-5-6-7-8-18(15-9-10-19(20)22-13-15)21-12-11-16-14-23-24-17(16)4-2/h4,7-14,16-18,21,24H,2-3,5-6H2,1H3/b8-7+,12-11+. The zero-order valence-corrected chi connectivity index (χ0v) is 14.8. The van der Waals surface area contributed by atoms with Crippen molar-refractivity contribution in [2.45, 2.75) is 38.3 Å². The molecule has 0 amide bonds. The number of hydrazone groups is 1. The minimum absolute atomic E-state index is 0.0661. The number of hydrogen-bond acceptors (Lipinski definition) is 4. The maximum Gasteiger partial charge on any atom is 0.129 e. The van der Waals surface area contributed by atoms with Crippen LogP contribution in [-0.2, 0) is 0 Å². The van der Waals surface area contributed by atoms with Crippen LogP contribution in [0.15, 0.2) is 60.5 Å². The average Bonchev–Trinajstić information content (AvgIpc) is 3.05. The Bertz CT molecular complexity index is 592. The van der Waals surface area contributed by atoms with Gasteiger partial charge in [-0.2, -0.15) is 5.10 Å². The first-order valence-electron chi connectivity index (χ1n) is 8.36. The molecular formula is C19H25ClN4. The lowest BCUT2D eigenvalue weighted by molar-refractivity contribution is 0.624. The molecule has 2 N–H and O–H groups in total. The quantitative estimate of drug-likeness (QED) is 0.397. The molecule has 3 atom stereocenters. The van der Waals surface area contributed by atoms with Crippen LogP contribution >= 0.6 is 11.6 Å². The zero-order chi connectivity index (χ0) is 17.2. The number of unbranched alkanes of at least 4 members (excludes halogenated alkanes) is 2. The molecule has 5 heteroatoms. The van der Waals surface area contributed by atoms with Crippen LogP contribution in [0.4, 0.5) is 0 Å². The van der Waals surface area contributed by atoms with Gasteiger partial charge in [0.15, 0.2) is 0 Å². The van der Waals surface area contributed by atoms with E-state index < -0.39 is 0 Å². The van der Waals surface area contributed by atoms with Gasteiger partial charge in [0, 0.05) is 18.3 Å². The molecule has 4 nitrogen and oxygen atoms in total. The zero-order valence-electron chi connectivity index (χ0n) is 14.0. The Morgan fingerprint density at radius 3 is 3.04 bits per heavy atom. The van der Waals surface area contributed by atoms with Crippen molar-refractivity contribution in [1.82, 2.24) is 15.7 Å². The first-order chi connectivity index (χ1) is 11.7. The lowest BCUT2D eigenvalue weighted by atomic mass is 10.0. The Hall–Kier alpha value is -2.07. The molecule has 1 aromatic rings. The highest BCUT2D eigenvalue weighted by atomic mass is 35.5. The van der Waals surface area contributed by atoms with Crippen molar-refractivity contribution in [2.75, 3.05) is 0 Å². The molecule has 24 heavy (non-hydrogen) atoms. The second kappa shape index (κ2) is 9.93. The van der Waals surface area contributed by atoms with E-state index in [4.69, 9.17) is 11.6 Å². The van der Waals surface area contributed by atoms with Gasteiger partial charge in [-0.15, -0.1) is 6.58 Å². The number of rotatable bonds is 9. The molecule has 2 rings (SSSR count). The average molecular weight is 345 g/mol. The van der Waals surface area contributed by atoms with E-state index in [9.17, 15) is 0 Å². The predicted molar refractivity (Wildman–Crippen MR) is 102 cm³/mol. The Balaban J connectivity index is 2.02. The highest BCUT2D eigenvalue weighted by Gasteiger charge is 2.17. The van der Waals surface area contributed by atoms with Crippen LogP contribution in [-0.4, -0.2) is 17.2 Å². The van der Waals surface area contributed by atoms with Crippen molar-refractivity contribution in [3.05, 3.63) is 66.1 Å². The molecule has 2 heterocycles. The van der Waals surface area contributed by atoms with E-state index in [0.29, 0.717) is 5.15 Å².